The number of sulfone groups is 1. The maximum atomic E-state index is 13.4. The smallest absolute Gasteiger partial charge is 0.254 e. The summed E-state index contributed by atoms with van der Waals surface area (Å²) in [6.45, 7) is 2.75. The normalized spacial score (nSPS) is 17.5. The SMILES string of the molecule is CCCCOc1c(Cl)cc(C(=O)N(Cc2cccc(Cl)c2)C2CCS(=O)(=O)C2)cc1Cl. The number of rotatable bonds is 8. The van der Waals surface area contributed by atoms with E-state index in [-0.39, 0.29) is 39.6 Å². The molecule has 5 nitrogen and oxygen atoms in total. The van der Waals surface area contributed by atoms with Gasteiger partial charge in [0.15, 0.2) is 15.6 Å². The Morgan fingerprint density at radius 3 is 2.45 bits per heavy atom. The molecule has 1 amide bonds. The molecular formula is C22H24Cl3NO4S. The molecule has 1 heterocycles. The summed E-state index contributed by atoms with van der Waals surface area (Å²) in [5.74, 6) is -0.00836. The molecule has 1 saturated heterocycles. The monoisotopic (exact) mass is 503 g/mol. The second kappa shape index (κ2) is 10.4. The Balaban J connectivity index is 1.90. The first-order valence-electron chi connectivity index (χ1n) is 10.1. The lowest BCUT2D eigenvalue weighted by atomic mass is 10.1. The lowest BCUT2D eigenvalue weighted by molar-refractivity contribution is 0.0681. The first-order chi connectivity index (χ1) is 14.7. The number of hydrogen-bond acceptors (Lipinski definition) is 4. The van der Waals surface area contributed by atoms with Crippen molar-refractivity contribution in [1.82, 2.24) is 4.90 Å². The fraction of sp³-hybridized carbons (Fsp3) is 0.409. The van der Waals surface area contributed by atoms with Crippen LogP contribution in [0, 0.1) is 0 Å². The van der Waals surface area contributed by atoms with Gasteiger partial charge >= 0.3 is 0 Å². The van der Waals surface area contributed by atoms with E-state index in [1.165, 1.54) is 12.1 Å². The van der Waals surface area contributed by atoms with Gasteiger partial charge in [0.05, 0.1) is 28.2 Å². The van der Waals surface area contributed by atoms with Crippen molar-refractivity contribution in [3.63, 3.8) is 0 Å². The lowest BCUT2D eigenvalue weighted by Gasteiger charge is -2.29. The molecule has 1 aliphatic rings. The second-order valence-corrected chi connectivity index (χ2v) is 11.1. The quantitative estimate of drug-likeness (QED) is 0.435. The van der Waals surface area contributed by atoms with Crippen molar-refractivity contribution in [2.75, 3.05) is 18.1 Å². The Labute approximate surface area is 198 Å². The van der Waals surface area contributed by atoms with Crippen molar-refractivity contribution in [2.24, 2.45) is 0 Å². The van der Waals surface area contributed by atoms with Gasteiger partial charge in [-0.25, -0.2) is 8.42 Å². The van der Waals surface area contributed by atoms with Crippen molar-refractivity contribution in [3.05, 3.63) is 62.6 Å². The van der Waals surface area contributed by atoms with Crippen LogP contribution in [0.25, 0.3) is 0 Å². The minimum absolute atomic E-state index is 0.0582. The Morgan fingerprint density at radius 1 is 1.16 bits per heavy atom. The predicted octanol–water partition coefficient (Wildman–Crippen LogP) is 5.66. The number of halogens is 3. The molecule has 0 aliphatic carbocycles. The summed E-state index contributed by atoms with van der Waals surface area (Å²) in [6.07, 6.45) is 2.21. The van der Waals surface area contributed by atoms with Crippen LogP contribution in [0.1, 0.15) is 42.1 Å². The Bertz CT molecular complexity index is 1040. The van der Waals surface area contributed by atoms with E-state index < -0.39 is 15.9 Å². The average molecular weight is 505 g/mol. The molecular weight excluding hydrogens is 481 g/mol. The van der Waals surface area contributed by atoms with E-state index in [0.717, 1.165) is 18.4 Å². The average Bonchev–Trinajstić information content (AvgIpc) is 3.07. The highest BCUT2D eigenvalue weighted by Crippen LogP contribution is 2.35. The molecule has 1 atom stereocenters. The van der Waals surface area contributed by atoms with E-state index in [9.17, 15) is 13.2 Å². The van der Waals surface area contributed by atoms with E-state index in [1.807, 2.05) is 13.0 Å². The van der Waals surface area contributed by atoms with Gasteiger partial charge in [-0.3, -0.25) is 4.79 Å². The Hall–Kier alpha value is -1.47. The number of amides is 1. The van der Waals surface area contributed by atoms with Crippen LogP contribution in [0.2, 0.25) is 15.1 Å². The van der Waals surface area contributed by atoms with E-state index in [1.54, 1.807) is 23.1 Å². The van der Waals surface area contributed by atoms with Crippen molar-refractivity contribution in [1.29, 1.82) is 0 Å². The number of nitrogens with zero attached hydrogens (tertiary/aromatic N) is 1. The van der Waals surface area contributed by atoms with Gasteiger partial charge < -0.3 is 9.64 Å². The summed E-state index contributed by atoms with van der Waals surface area (Å²) in [5.41, 5.74) is 1.09. The molecule has 1 aliphatic heterocycles. The molecule has 9 heteroatoms. The molecule has 2 aromatic rings. The molecule has 3 rings (SSSR count). The van der Waals surface area contributed by atoms with Crippen molar-refractivity contribution in [2.45, 2.75) is 38.8 Å². The van der Waals surface area contributed by atoms with Gasteiger partial charge in [0.1, 0.15) is 0 Å². The van der Waals surface area contributed by atoms with Crippen LogP contribution < -0.4 is 4.74 Å². The minimum Gasteiger partial charge on any atom is -0.490 e. The number of hydrogen-bond donors (Lipinski definition) is 0. The fourth-order valence-corrected chi connectivity index (χ4v) is 6.07. The van der Waals surface area contributed by atoms with Gasteiger partial charge in [0.2, 0.25) is 0 Å². The number of ether oxygens (including phenoxy) is 1. The van der Waals surface area contributed by atoms with Gasteiger partial charge in [-0.15, -0.1) is 0 Å². The summed E-state index contributed by atoms with van der Waals surface area (Å²) in [6, 6.07) is 9.75. The van der Waals surface area contributed by atoms with Gasteiger partial charge in [-0.05, 0) is 42.7 Å². The largest absolute Gasteiger partial charge is 0.490 e. The molecule has 0 spiro atoms. The zero-order chi connectivity index (χ0) is 22.6. The third-order valence-electron chi connectivity index (χ3n) is 5.14. The summed E-state index contributed by atoms with van der Waals surface area (Å²) in [5, 5.41) is 1.03. The summed E-state index contributed by atoms with van der Waals surface area (Å²) >= 11 is 18.8. The third-order valence-corrected chi connectivity index (χ3v) is 7.69. The van der Waals surface area contributed by atoms with Crippen LogP contribution in [0.4, 0.5) is 0 Å². The van der Waals surface area contributed by atoms with Gasteiger partial charge in [0.25, 0.3) is 5.91 Å². The molecule has 2 aromatic carbocycles. The Morgan fingerprint density at radius 2 is 1.87 bits per heavy atom. The van der Waals surface area contributed by atoms with Crippen LogP contribution in [-0.2, 0) is 16.4 Å². The van der Waals surface area contributed by atoms with E-state index in [4.69, 9.17) is 39.5 Å². The first kappa shape index (κ1) is 24.2. The molecule has 1 unspecified atom stereocenters. The summed E-state index contributed by atoms with van der Waals surface area (Å²) < 4.78 is 29.8. The number of carbonyl (C=O) groups excluding carboxylic acids is 1. The summed E-state index contributed by atoms with van der Waals surface area (Å²) in [7, 11) is -3.18. The molecule has 168 valence electrons. The zero-order valence-electron chi connectivity index (χ0n) is 17.1. The lowest BCUT2D eigenvalue weighted by Crippen LogP contribution is -2.40. The molecule has 0 N–H and O–H groups in total. The maximum Gasteiger partial charge on any atom is 0.254 e. The van der Waals surface area contributed by atoms with Crippen LogP contribution in [0.3, 0.4) is 0 Å². The third kappa shape index (κ3) is 6.28. The zero-order valence-corrected chi connectivity index (χ0v) is 20.2. The first-order valence-corrected chi connectivity index (χ1v) is 13.0. The standard InChI is InChI=1S/C22H24Cl3NO4S/c1-2-3-8-30-21-19(24)11-16(12-20(21)25)22(27)26(18-7-9-31(28,29)14-18)13-15-5-4-6-17(23)10-15/h4-6,10-12,18H,2-3,7-9,13-14H2,1H3. The number of unbranched alkanes of at least 4 members (excludes halogenated alkanes) is 1. The van der Waals surface area contributed by atoms with Crippen molar-refractivity contribution < 1.29 is 17.9 Å². The van der Waals surface area contributed by atoms with Gasteiger partial charge in [0, 0.05) is 23.2 Å². The number of carbonyl (C=O) groups is 1. The van der Waals surface area contributed by atoms with Crippen molar-refractivity contribution in [3.8, 4) is 5.75 Å². The minimum atomic E-state index is -3.18. The van der Waals surface area contributed by atoms with E-state index in [0.29, 0.717) is 23.8 Å². The highest BCUT2D eigenvalue weighted by Gasteiger charge is 2.35. The van der Waals surface area contributed by atoms with E-state index >= 15 is 0 Å². The topological polar surface area (TPSA) is 63.7 Å². The Kier molecular flexibility index (Phi) is 8.14. The van der Waals surface area contributed by atoms with Gasteiger partial charge in [-0.1, -0.05) is 60.3 Å². The second-order valence-electron chi connectivity index (χ2n) is 7.59. The highest BCUT2D eigenvalue weighted by molar-refractivity contribution is 7.91. The van der Waals surface area contributed by atoms with Crippen LogP contribution in [0.15, 0.2) is 36.4 Å². The highest BCUT2D eigenvalue weighted by atomic mass is 35.5. The molecule has 0 saturated carbocycles. The van der Waals surface area contributed by atoms with Crippen LogP contribution in [0.5, 0.6) is 5.75 Å². The fourth-order valence-electron chi connectivity index (χ4n) is 3.53. The molecule has 0 bridgehead atoms. The van der Waals surface area contributed by atoms with Crippen LogP contribution >= 0.6 is 34.8 Å². The molecule has 31 heavy (non-hydrogen) atoms. The van der Waals surface area contributed by atoms with Crippen LogP contribution in [-0.4, -0.2) is 43.4 Å². The number of benzene rings is 2. The van der Waals surface area contributed by atoms with Crippen molar-refractivity contribution >= 4 is 50.5 Å². The molecule has 0 radical (unpaired) electrons. The predicted molar refractivity (Wildman–Crippen MR) is 125 cm³/mol. The summed E-state index contributed by atoms with van der Waals surface area (Å²) in [4.78, 5) is 15.0. The maximum absolute atomic E-state index is 13.4. The molecule has 0 aromatic heterocycles. The van der Waals surface area contributed by atoms with Gasteiger partial charge in [-0.2, -0.15) is 0 Å². The molecule has 1 fully saturated rings. The van der Waals surface area contributed by atoms with E-state index in [2.05, 4.69) is 0 Å².